The Hall–Kier alpha value is -2.21. The molecule has 130 valence electrons. The fourth-order valence-corrected chi connectivity index (χ4v) is 4.64. The van der Waals surface area contributed by atoms with Crippen molar-refractivity contribution in [3.63, 3.8) is 0 Å². The smallest absolute Gasteiger partial charge is 0.319 e. The normalized spacial score (nSPS) is 20.6. The van der Waals surface area contributed by atoms with E-state index in [-0.39, 0.29) is 5.91 Å². The molecule has 0 saturated heterocycles. The Morgan fingerprint density at radius 3 is 2.72 bits per heavy atom. The van der Waals surface area contributed by atoms with Gasteiger partial charge in [0.05, 0.1) is 12.2 Å². The number of aliphatic carboxylic acids is 1. The first-order valence-corrected chi connectivity index (χ1v) is 9.44. The quantitative estimate of drug-likeness (QED) is 0.808. The number of nitrogens with one attached hydrogen (secondary N) is 1. The lowest BCUT2D eigenvalue weighted by molar-refractivity contribution is -0.149. The Labute approximate surface area is 150 Å². The van der Waals surface area contributed by atoms with Crippen molar-refractivity contribution in [1.29, 1.82) is 0 Å². The molecule has 4 rings (SSSR count). The van der Waals surface area contributed by atoms with Gasteiger partial charge in [0.25, 0.3) is 0 Å². The summed E-state index contributed by atoms with van der Waals surface area (Å²) >= 11 is 1.64. The topological polar surface area (TPSA) is 79.3 Å². The number of amides is 1. The highest BCUT2D eigenvalue weighted by Crippen LogP contribution is 2.46. The van der Waals surface area contributed by atoms with Crippen molar-refractivity contribution in [2.45, 2.75) is 44.6 Å². The zero-order valence-electron chi connectivity index (χ0n) is 13.8. The number of benzene rings is 1. The van der Waals surface area contributed by atoms with E-state index < -0.39 is 11.4 Å². The van der Waals surface area contributed by atoms with Crippen LogP contribution in [0.3, 0.4) is 0 Å². The van der Waals surface area contributed by atoms with Crippen LogP contribution in [-0.2, 0) is 29.0 Å². The standard InChI is InChI=1S/C19H20N2O3S/c22-17(19(8-9-19)18(23)24)20-11-16-21-14-7-6-13(10-15(14)25-16)12-4-2-1-3-5-12/h1-5,13H,6-11H2,(H,20,22)(H,23,24). The van der Waals surface area contributed by atoms with Crippen molar-refractivity contribution in [1.82, 2.24) is 10.3 Å². The van der Waals surface area contributed by atoms with Crippen molar-refractivity contribution in [2.75, 3.05) is 0 Å². The third-order valence-corrected chi connectivity index (χ3v) is 6.37. The Morgan fingerprint density at radius 2 is 2.04 bits per heavy atom. The van der Waals surface area contributed by atoms with Crippen molar-refractivity contribution in [3.05, 3.63) is 51.5 Å². The molecule has 2 aliphatic carbocycles. The number of carbonyl (C=O) groups excluding carboxylic acids is 1. The molecule has 2 aliphatic rings. The van der Waals surface area contributed by atoms with Crippen LogP contribution in [0.2, 0.25) is 0 Å². The number of hydrogen-bond acceptors (Lipinski definition) is 4. The number of carboxylic acid groups (broad SMARTS) is 1. The molecular weight excluding hydrogens is 336 g/mol. The molecule has 6 heteroatoms. The van der Waals surface area contributed by atoms with E-state index in [2.05, 4.69) is 34.6 Å². The number of carboxylic acids is 1. The van der Waals surface area contributed by atoms with Crippen molar-refractivity contribution >= 4 is 23.2 Å². The molecule has 1 heterocycles. The average Bonchev–Trinajstić information content (AvgIpc) is 3.35. The highest BCUT2D eigenvalue weighted by Gasteiger charge is 2.57. The monoisotopic (exact) mass is 356 g/mol. The summed E-state index contributed by atoms with van der Waals surface area (Å²) in [7, 11) is 0. The van der Waals surface area contributed by atoms with Crippen LogP contribution >= 0.6 is 11.3 Å². The van der Waals surface area contributed by atoms with E-state index in [1.165, 1.54) is 10.4 Å². The summed E-state index contributed by atoms with van der Waals surface area (Å²) in [5, 5.41) is 12.8. The summed E-state index contributed by atoms with van der Waals surface area (Å²) in [5.41, 5.74) is 1.32. The van der Waals surface area contributed by atoms with Crippen LogP contribution in [0.25, 0.3) is 0 Å². The summed E-state index contributed by atoms with van der Waals surface area (Å²) in [6, 6.07) is 10.6. The lowest BCUT2D eigenvalue weighted by Crippen LogP contribution is -2.36. The molecule has 1 aromatic heterocycles. The van der Waals surface area contributed by atoms with Crippen molar-refractivity contribution in [2.24, 2.45) is 5.41 Å². The molecular formula is C19H20N2O3S. The second-order valence-electron chi connectivity index (χ2n) is 6.90. The molecule has 0 aliphatic heterocycles. The predicted octanol–water partition coefficient (Wildman–Crippen LogP) is 2.90. The highest BCUT2D eigenvalue weighted by atomic mass is 32.1. The zero-order chi connectivity index (χ0) is 17.4. The summed E-state index contributed by atoms with van der Waals surface area (Å²) in [5.74, 6) is -0.872. The van der Waals surface area contributed by atoms with Gasteiger partial charge in [-0.15, -0.1) is 11.3 Å². The van der Waals surface area contributed by atoms with Gasteiger partial charge in [0.1, 0.15) is 10.4 Å². The number of aromatic nitrogens is 1. The van der Waals surface area contributed by atoms with Crippen LogP contribution in [0.5, 0.6) is 0 Å². The van der Waals surface area contributed by atoms with E-state index in [0.717, 1.165) is 30.0 Å². The largest absolute Gasteiger partial charge is 0.480 e. The fourth-order valence-electron chi connectivity index (χ4n) is 3.50. The summed E-state index contributed by atoms with van der Waals surface area (Å²) in [6.07, 6.45) is 3.90. The number of fused-ring (bicyclic) bond motifs is 1. The average molecular weight is 356 g/mol. The summed E-state index contributed by atoms with van der Waals surface area (Å²) in [6.45, 7) is 0.321. The molecule has 1 saturated carbocycles. The molecule has 1 atom stereocenters. The molecule has 0 bridgehead atoms. The van der Waals surface area contributed by atoms with Crippen LogP contribution in [0, 0.1) is 5.41 Å². The number of nitrogens with zero attached hydrogens (tertiary/aromatic N) is 1. The molecule has 2 aromatic rings. The summed E-state index contributed by atoms with van der Waals surface area (Å²) < 4.78 is 0. The van der Waals surface area contributed by atoms with Gasteiger partial charge in [-0.25, -0.2) is 4.98 Å². The van der Waals surface area contributed by atoms with E-state index in [9.17, 15) is 9.59 Å². The van der Waals surface area contributed by atoms with Crippen LogP contribution in [0.15, 0.2) is 30.3 Å². The van der Waals surface area contributed by atoms with Gasteiger partial charge in [-0.2, -0.15) is 0 Å². The van der Waals surface area contributed by atoms with Gasteiger partial charge in [-0.3, -0.25) is 9.59 Å². The molecule has 25 heavy (non-hydrogen) atoms. The van der Waals surface area contributed by atoms with E-state index in [4.69, 9.17) is 5.11 Å². The Balaban J connectivity index is 1.41. The highest BCUT2D eigenvalue weighted by molar-refractivity contribution is 7.11. The minimum absolute atomic E-state index is 0.321. The van der Waals surface area contributed by atoms with Gasteiger partial charge in [-0.1, -0.05) is 30.3 Å². The molecule has 1 unspecified atom stereocenters. The van der Waals surface area contributed by atoms with Crippen LogP contribution in [0.1, 0.15) is 46.3 Å². The lowest BCUT2D eigenvalue weighted by atomic mass is 9.85. The number of rotatable bonds is 5. The van der Waals surface area contributed by atoms with E-state index in [1.807, 2.05) is 6.07 Å². The third-order valence-electron chi connectivity index (χ3n) is 5.25. The summed E-state index contributed by atoms with van der Waals surface area (Å²) in [4.78, 5) is 29.2. The Bertz CT molecular complexity index is 811. The van der Waals surface area contributed by atoms with Crippen molar-refractivity contribution in [3.8, 4) is 0 Å². The van der Waals surface area contributed by atoms with Crippen molar-refractivity contribution < 1.29 is 14.7 Å². The lowest BCUT2D eigenvalue weighted by Gasteiger charge is -2.21. The molecule has 2 N–H and O–H groups in total. The zero-order valence-corrected chi connectivity index (χ0v) is 14.6. The van der Waals surface area contributed by atoms with E-state index >= 15 is 0 Å². The van der Waals surface area contributed by atoms with Crippen LogP contribution in [0.4, 0.5) is 0 Å². The maximum atomic E-state index is 12.1. The maximum absolute atomic E-state index is 12.1. The van der Waals surface area contributed by atoms with E-state index in [0.29, 0.717) is 25.3 Å². The van der Waals surface area contributed by atoms with E-state index in [1.54, 1.807) is 11.3 Å². The first kappa shape index (κ1) is 16.3. The minimum Gasteiger partial charge on any atom is -0.480 e. The fraction of sp³-hybridized carbons (Fsp3) is 0.421. The van der Waals surface area contributed by atoms with Gasteiger partial charge >= 0.3 is 5.97 Å². The van der Waals surface area contributed by atoms with Gasteiger partial charge in [0.15, 0.2) is 0 Å². The molecule has 0 radical (unpaired) electrons. The van der Waals surface area contributed by atoms with Gasteiger partial charge in [0, 0.05) is 4.88 Å². The Kier molecular flexibility index (Phi) is 4.07. The first-order valence-electron chi connectivity index (χ1n) is 8.62. The van der Waals surface area contributed by atoms with Gasteiger partial charge < -0.3 is 10.4 Å². The number of hydrogen-bond donors (Lipinski definition) is 2. The van der Waals surface area contributed by atoms with Gasteiger partial charge in [-0.05, 0) is 43.6 Å². The maximum Gasteiger partial charge on any atom is 0.319 e. The minimum atomic E-state index is -1.19. The number of thiazole rings is 1. The van der Waals surface area contributed by atoms with Crippen LogP contribution < -0.4 is 5.32 Å². The SMILES string of the molecule is O=C(O)C1(C(=O)NCc2nc3c(s2)CC(c2ccccc2)CC3)CC1. The van der Waals surface area contributed by atoms with Crippen LogP contribution in [-0.4, -0.2) is 22.0 Å². The van der Waals surface area contributed by atoms with Gasteiger partial charge in [0.2, 0.25) is 5.91 Å². The first-order chi connectivity index (χ1) is 12.1. The number of carbonyl (C=O) groups is 2. The second-order valence-corrected chi connectivity index (χ2v) is 8.07. The molecule has 1 aromatic carbocycles. The molecule has 1 amide bonds. The molecule has 0 spiro atoms. The second kappa shape index (κ2) is 6.26. The Morgan fingerprint density at radius 1 is 1.28 bits per heavy atom. The number of aryl methyl sites for hydroxylation is 1. The molecule has 1 fully saturated rings. The third kappa shape index (κ3) is 3.06. The predicted molar refractivity (Wildman–Crippen MR) is 94.5 cm³/mol. The molecule has 5 nitrogen and oxygen atoms in total.